The molecule has 98 valence electrons. The topological polar surface area (TPSA) is 32.3 Å². The third-order valence-corrected chi connectivity index (χ3v) is 4.23. The second kappa shape index (κ2) is 5.41. The van der Waals surface area contributed by atoms with Gasteiger partial charge in [0.05, 0.1) is 6.61 Å². The summed E-state index contributed by atoms with van der Waals surface area (Å²) in [7, 11) is 0. The fourth-order valence-corrected chi connectivity index (χ4v) is 2.91. The van der Waals surface area contributed by atoms with Gasteiger partial charge in [0.1, 0.15) is 0 Å². The summed E-state index contributed by atoms with van der Waals surface area (Å²) in [4.78, 5) is 0. The standard InChI is InChI=1S/C16H23NO/c18-11-15(10-12-4-2-1-3-5-12)17-16(13-6-7-13)14-8-9-14/h1-5,13-18H,6-11H2/t15-/m1/s1. The van der Waals surface area contributed by atoms with Crippen LogP contribution in [0.5, 0.6) is 0 Å². The smallest absolute Gasteiger partial charge is 0.0587 e. The van der Waals surface area contributed by atoms with Gasteiger partial charge in [-0.2, -0.15) is 0 Å². The number of aliphatic hydroxyl groups excluding tert-OH is 1. The predicted octanol–water partition coefficient (Wildman–Crippen LogP) is 2.37. The molecule has 0 bridgehead atoms. The number of aliphatic hydroxyl groups is 1. The van der Waals surface area contributed by atoms with Gasteiger partial charge in [0, 0.05) is 12.1 Å². The zero-order chi connectivity index (χ0) is 12.4. The van der Waals surface area contributed by atoms with E-state index in [9.17, 15) is 5.11 Å². The second-order valence-corrected chi connectivity index (χ2v) is 5.94. The van der Waals surface area contributed by atoms with E-state index in [1.165, 1.54) is 31.2 Å². The maximum Gasteiger partial charge on any atom is 0.0587 e. The molecule has 0 aromatic heterocycles. The van der Waals surface area contributed by atoms with Gasteiger partial charge >= 0.3 is 0 Å². The summed E-state index contributed by atoms with van der Waals surface area (Å²) in [6.45, 7) is 0.241. The zero-order valence-corrected chi connectivity index (χ0v) is 10.9. The molecule has 2 aliphatic carbocycles. The van der Waals surface area contributed by atoms with Crippen LogP contribution in [-0.2, 0) is 6.42 Å². The van der Waals surface area contributed by atoms with Crippen LogP contribution in [0.25, 0.3) is 0 Å². The van der Waals surface area contributed by atoms with Gasteiger partial charge in [-0.1, -0.05) is 30.3 Å². The molecule has 2 heteroatoms. The van der Waals surface area contributed by atoms with E-state index in [-0.39, 0.29) is 12.6 Å². The summed E-state index contributed by atoms with van der Waals surface area (Å²) in [6, 6.07) is 11.4. The molecule has 0 radical (unpaired) electrons. The van der Waals surface area contributed by atoms with Crippen molar-refractivity contribution in [3.8, 4) is 0 Å². The van der Waals surface area contributed by atoms with E-state index < -0.39 is 0 Å². The summed E-state index contributed by atoms with van der Waals surface area (Å²) >= 11 is 0. The predicted molar refractivity (Wildman–Crippen MR) is 73.4 cm³/mol. The molecular weight excluding hydrogens is 222 g/mol. The van der Waals surface area contributed by atoms with Crippen molar-refractivity contribution in [2.45, 2.75) is 44.2 Å². The maximum atomic E-state index is 9.58. The largest absolute Gasteiger partial charge is 0.395 e. The first kappa shape index (κ1) is 12.2. The number of rotatable bonds is 7. The third kappa shape index (κ3) is 3.12. The summed E-state index contributed by atoms with van der Waals surface area (Å²) in [6.07, 6.45) is 6.48. The van der Waals surface area contributed by atoms with Crippen molar-refractivity contribution in [2.75, 3.05) is 6.61 Å². The molecule has 2 fully saturated rings. The van der Waals surface area contributed by atoms with Gasteiger partial charge in [-0.05, 0) is 49.5 Å². The first-order chi connectivity index (χ1) is 8.86. The fourth-order valence-electron chi connectivity index (χ4n) is 2.91. The second-order valence-electron chi connectivity index (χ2n) is 5.94. The lowest BCUT2D eigenvalue weighted by Gasteiger charge is -2.24. The van der Waals surface area contributed by atoms with E-state index in [2.05, 4.69) is 29.6 Å². The molecule has 18 heavy (non-hydrogen) atoms. The lowest BCUT2D eigenvalue weighted by Crippen LogP contribution is -2.44. The molecule has 0 amide bonds. The van der Waals surface area contributed by atoms with Crippen molar-refractivity contribution in [3.05, 3.63) is 35.9 Å². The molecule has 1 atom stereocenters. The Hall–Kier alpha value is -0.860. The normalized spacial score (nSPS) is 21.2. The summed E-state index contributed by atoms with van der Waals surface area (Å²) in [5, 5.41) is 13.3. The zero-order valence-electron chi connectivity index (χ0n) is 10.9. The van der Waals surface area contributed by atoms with Crippen molar-refractivity contribution in [1.29, 1.82) is 0 Å². The van der Waals surface area contributed by atoms with Gasteiger partial charge < -0.3 is 10.4 Å². The fraction of sp³-hybridized carbons (Fsp3) is 0.625. The third-order valence-electron chi connectivity index (χ3n) is 4.23. The molecule has 2 aliphatic rings. The Kier molecular flexibility index (Phi) is 3.67. The Morgan fingerprint density at radius 2 is 1.67 bits per heavy atom. The highest BCUT2D eigenvalue weighted by Crippen LogP contribution is 2.44. The highest BCUT2D eigenvalue weighted by Gasteiger charge is 2.41. The summed E-state index contributed by atoms with van der Waals surface area (Å²) in [5.41, 5.74) is 1.31. The lowest BCUT2D eigenvalue weighted by molar-refractivity contribution is 0.219. The van der Waals surface area contributed by atoms with E-state index in [1.54, 1.807) is 0 Å². The van der Waals surface area contributed by atoms with Gasteiger partial charge in [0.25, 0.3) is 0 Å². The molecule has 0 unspecified atom stereocenters. The van der Waals surface area contributed by atoms with Gasteiger partial charge in [0.15, 0.2) is 0 Å². The minimum atomic E-state index is 0.221. The van der Waals surface area contributed by atoms with Crippen molar-refractivity contribution in [1.82, 2.24) is 5.32 Å². The van der Waals surface area contributed by atoms with Crippen molar-refractivity contribution in [2.24, 2.45) is 11.8 Å². The van der Waals surface area contributed by atoms with Crippen LogP contribution in [0.3, 0.4) is 0 Å². The van der Waals surface area contributed by atoms with Crippen LogP contribution in [0.15, 0.2) is 30.3 Å². The van der Waals surface area contributed by atoms with Crippen LogP contribution in [-0.4, -0.2) is 23.8 Å². The molecule has 1 aromatic rings. The monoisotopic (exact) mass is 245 g/mol. The first-order valence-corrected chi connectivity index (χ1v) is 7.27. The summed E-state index contributed by atoms with van der Waals surface area (Å²) in [5.74, 6) is 1.78. The molecule has 2 N–H and O–H groups in total. The van der Waals surface area contributed by atoms with Gasteiger partial charge in [0.2, 0.25) is 0 Å². The Balaban J connectivity index is 1.58. The molecule has 2 saturated carbocycles. The minimum Gasteiger partial charge on any atom is -0.395 e. The molecular formula is C16H23NO. The van der Waals surface area contributed by atoms with Gasteiger partial charge in [-0.15, -0.1) is 0 Å². The molecule has 3 rings (SSSR count). The van der Waals surface area contributed by atoms with Crippen LogP contribution in [0, 0.1) is 11.8 Å². The molecule has 0 saturated heterocycles. The number of hydrogen-bond acceptors (Lipinski definition) is 2. The highest BCUT2D eigenvalue weighted by molar-refractivity contribution is 5.16. The van der Waals surface area contributed by atoms with E-state index in [0.29, 0.717) is 6.04 Å². The number of nitrogens with one attached hydrogen (secondary N) is 1. The number of benzene rings is 1. The average molecular weight is 245 g/mol. The Labute approximate surface area is 109 Å². The lowest BCUT2D eigenvalue weighted by atomic mass is 10.0. The van der Waals surface area contributed by atoms with E-state index >= 15 is 0 Å². The Morgan fingerprint density at radius 1 is 1.06 bits per heavy atom. The molecule has 0 heterocycles. The SMILES string of the molecule is OC[C@@H](Cc1ccccc1)NC(C1CC1)C1CC1. The summed E-state index contributed by atoms with van der Waals surface area (Å²) < 4.78 is 0. The van der Waals surface area contributed by atoms with Gasteiger partial charge in [-0.3, -0.25) is 0 Å². The van der Waals surface area contributed by atoms with Crippen LogP contribution in [0.4, 0.5) is 0 Å². The van der Waals surface area contributed by atoms with E-state index in [0.717, 1.165) is 18.3 Å². The van der Waals surface area contributed by atoms with Crippen LogP contribution in [0.1, 0.15) is 31.2 Å². The first-order valence-electron chi connectivity index (χ1n) is 7.27. The van der Waals surface area contributed by atoms with E-state index in [4.69, 9.17) is 0 Å². The van der Waals surface area contributed by atoms with Gasteiger partial charge in [-0.25, -0.2) is 0 Å². The molecule has 0 aliphatic heterocycles. The molecule has 1 aromatic carbocycles. The Morgan fingerprint density at radius 3 is 2.17 bits per heavy atom. The van der Waals surface area contributed by atoms with E-state index in [1.807, 2.05) is 6.07 Å². The average Bonchev–Trinajstić information content (AvgIpc) is 3.29. The van der Waals surface area contributed by atoms with Crippen LogP contribution in [0.2, 0.25) is 0 Å². The molecule has 2 nitrogen and oxygen atoms in total. The highest BCUT2D eigenvalue weighted by atomic mass is 16.3. The van der Waals surface area contributed by atoms with Crippen LogP contribution < -0.4 is 5.32 Å². The van der Waals surface area contributed by atoms with Crippen molar-refractivity contribution in [3.63, 3.8) is 0 Å². The minimum absolute atomic E-state index is 0.221. The number of hydrogen-bond donors (Lipinski definition) is 2. The molecule has 0 spiro atoms. The quantitative estimate of drug-likeness (QED) is 0.773. The van der Waals surface area contributed by atoms with Crippen LogP contribution >= 0.6 is 0 Å². The Bertz CT molecular complexity index is 358. The van der Waals surface area contributed by atoms with Crippen molar-refractivity contribution >= 4 is 0 Å². The maximum absolute atomic E-state index is 9.58. The van der Waals surface area contributed by atoms with Crippen molar-refractivity contribution < 1.29 is 5.11 Å².